The second-order valence-corrected chi connectivity index (χ2v) is 6.05. The van der Waals surface area contributed by atoms with E-state index < -0.39 is 18.2 Å². The SMILES string of the molecule is O=C(O)Cc1c(F)cncc1-c1c(Cl)c(Cl)c(Cl)c(Cl)c1Cl. The summed E-state index contributed by atoms with van der Waals surface area (Å²) in [5.74, 6) is -2.04. The van der Waals surface area contributed by atoms with Gasteiger partial charge in [-0.15, -0.1) is 0 Å². The van der Waals surface area contributed by atoms with Gasteiger partial charge in [0.05, 0.1) is 37.7 Å². The molecule has 116 valence electrons. The second-order valence-electron chi connectivity index (χ2n) is 4.16. The summed E-state index contributed by atoms with van der Waals surface area (Å²) in [6.45, 7) is 0. The van der Waals surface area contributed by atoms with Gasteiger partial charge in [-0.25, -0.2) is 4.39 Å². The van der Waals surface area contributed by atoms with Crippen molar-refractivity contribution >= 4 is 64.0 Å². The summed E-state index contributed by atoms with van der Waals surface area (Å²) in [5, 5.41) is 8.60. The van der Waals surface area contributed by atoms with Crippen molar-refractivity contribution < 1.29 is 14.3 Å². The van der Waals surface area contributed by atoms with Gasteiger partial charge < -0.3 is 5.11 Å². The fraction of sp³-hybridized carbons (Fsp3) is 0.0769. The maximum absolute atomic E-state index is 13.9. The number of nitrogens with zero attached hydrogens (tertiary/aromatic N) is 1. The molecule has 0 unspecified atom stereocenters. The molecule has 0 saturated heterocycles. The molecule has 0 bridgehead atoms. The third-order valence-corrected chi connectivity index (χ3v) is 5.09. The van der Waals surface area contributed by atoms with Crippen molar-refractivity contribution in [2.75, 3.05) is 0 Å². The van der Waals surface area contributed by atoms with Gasteiger partial charge in [-0.05, 0) is 0 Å². The maximum Gasteiger partial charge on any atom is 0.307 e. The van der Waals surface area contributed by atoms with Crippen LogP contribution in [-0.2, 0) is 11.2 Å². The topological polar surface area (TPSA) is 50.2 Å². The van der Waals surface area contributed by atoms with E-state index >= 15 is 0 Å². The summed E-state index contributed by atoms with van der Waals surface area (Å²) in [4.78, 5) is 14.6. The minimum absolute atomic E-state index is 0.0498. The molecule has 9 heteroatoms. The standard InChI is InChI=1S/C13H5Cl5FNO2/c14-9-8(10(15)12(17)13(18)11(9)16)5-2-20-3-6(19)4(5)1-7(21)22/h2-3H,1H2,(H,21,22). The number of carboxylic acid groups (broad SMARTS) is 1. The van der Waals surface area contributed by atoms with Crippen molar-refractivity contribution in [3.63, 3.8) is 0 Å². The first kappa shape index (κ1) is 17.6. The number of hydrogen-bond donors (Lipinski definition) is 1. The van der Waals surface area contributed by atoms with Gasteiger partial charge in [0.1, 0.15) is 5.82 Å². The first-order chi connectivity index (χ1) is 10.3. The predicted molar refractivity (Wildman–Crippen MR) is 86.0 cm³/mol. The average Bonchev–Trinajstić information content (AvgIpc) is 2.46. The van der Waals surface area contributed by atoms with Crippen molar-refractivity contribution in [3.05, 3.63) is 48.9 Å². The summed E-state index contributed by atoms with van der Waals surface area (Å²) in [5.41, 5.74) is 0.0182. The van der Waals surface area contributed by atoms with Crippen molar-refractivity contribution in [2.45, 2.75) is 6.42 Å². The largest absolute Gasteiger partial charge is 0.481 e. The lowest BCUT2D eigenvalue weighted by Gasteiger charge is -2.15. The number of aliphatic carboxylic acids is 1. The van der Waals surface area contributed by atoms with Crippen LogP contribution < -0.4 is 0 Å². The number of benzene rings is 1. The Bertz CT molecular complexity index is 753. The Kier molecular flexibility index (Phi) is 5.41. The zero-order valence-corrected chi connectivity index (χ0v) is 14.2. The van der Waals surface area contributed by atoms with E-state index in [9.17, 15) is 9.18 Å². The Hall–Kier alpha value is -0.780. The van der Waals surface area contributed by atoms with Gasteiger partial charge >= 0.3 is 5.97 Å². The summed E-state index contributed by atoms with van der Waals surface area (Å²) in [7, 11) is 0. The predicted octanol–water partition coefficient (Wildman–Crippen LogP) is 5.78. The highest BCUT2D eigenvalue weighted by Crippen LogP contribution is 2.48. The lowest BCUT2D eigenvalue weighted by Crippen LogP contribution is -2.06. The fourth-order valence-electron chi connectivity index (χ4n) is 1.85. The number of carboxylic acids is 1. The number of halogens is 6. The highest BCUT2D eigenvalue weighted by Gasteiger charge is 2.24. The summed E-state index contributed by atoms with van der Waals surface area (Å²) in [6.07, 6.45) is 1.53. The quantitative estimate of drug-likeness (QED) is 0.522. The molecule has 0 aliphatic heterocycles. The normalized spacial score (nSPS) is 10.8. The highest BCUT2D eigenvalue weighted by molar-refractivity contribution is 6.56. The molecule has 2 rings (SSSR count). The van der Waals surface area contributed by atoms with Crippen LogP contribution in [-0.4, -0.2) is 16.1 Å². The Morgan fingerprint density at radius 1 is 1.00 bits per heavy atom. The van der Waals surface area contributed by atoms with Crippen molar-refractivity contribution in [1.29, 1.82) is 0 Å². The summed E-state index contributed by atoms with van der Waals surface area (Å²) < 4.78 is 13.9. The molecule has 0 radical (unpaired) electrons. The third-order valence-electron chi connectivity index (χ3n) is 2.81. The molecule has 1 aromatic carbocycles. The van der Waals surface area contributed by atoms with Gasteiger partial charge in [0.25, 0.3) is 0 Å². The summed E-state index contributed by atoms with van der Waals surface area (Å²) >= 11 is 30.1. The molecule has 0 fully saturated rings. The molecular weight excluding hydrogens is 398 g/mol. The van der Waals surface area contributed by atoms with Crippen LogP contribution in [0.2, 0.25) is 25.1 Å². The van der Waals surface area contributed by atoms with E-state index in [4.69, 9.17) is 63.1 Å². The Morgan fingerprint density at radius 2 is 1.50 bits per heavy atom. The van der Waals surface area contributed by atoms with Crippen LogP contribution in [0.1, 0.15) is 5.56 Å². The van der Waals surface area contributed by atoms with Crippen molar-refractivity contribution in [3.8, 4) is 11.1 Å². The molecule has 22 heavy (non-hydrogen) atoms. The molecule has 0 aliphatic carbocycles. The van der Waals surface area contributed by atoms with E-state index in [-0.39, 0.29) is 41.8 Å². The van der Waals surface area contributed by atoms with E-state index in [2.05, 4.69) is 4.98 Å². The van der Waals surface area contributed by atoms with Gasteiger partial charge in [0.2, 0.25) is 0 Å². The van der Waals surface area contributed by atoms with E-state index in [1.807, 2.05) is 0 Å². The van der Waals surface area contributed by atoms with E-state index in [0.29, 0.717) is 0 Å². The molecule has 0 atom stereocenters. The van der Waals surface area contributed by atoms with Gasteiger partial charge in [-0.2, -0.15) is 0 Å². The van der Waals surface area contributed by atoms with Crippen molar-refractivity contribution in [2.24, 2.45) is 0 Å². The van der Waals surface area contributed by atoms with Crippen LogP contribution in [0.3, 0.4) is 0 Å². The smallest absolute Gasteiger partial charge is 0.307 e. The minimum atomic E-state index is -1.23. The first-order valence-corrected chi connectivity index (χ1v) is 7.50. The van der Waals surface area contributed by atoms with E-state index in [1.54, 1.807) is 0 Å². The zero-order chi connectivity index (χ0) is 16.6. The van der Waals surface area contributed by atoms with Crippen LogP contribution in [0.25, 0.3) is 11.1 Å². The number of aromatic nitrogens is 1. The molecule has 1 aromatic heterocycles. The van der Waals surface area contributed by atoms with Crippen LogP contribution >= 0.6 is 58.0 Å². The second kappa shape index (κ2) is 6.77. The number of pyridine rings is 1. The molecule has 0 aliphatic rings. The number of rotatable bonds is 3. The van der Waals surface area contributed by atoms with Gasteiger partial charge in [0.15, 0.2) is 0 Å². The average molecular weight is 403 g/mol. The Labute approximate surface area is 149 Å². The summed E-state index contributed by atoms with van der Waals surface area (Å²) in [6, 6.07) is 0. The fourth-order valence-corrected chi connectivity index (χ4v) is 3.19. The van der Waals surface area contributed by atoms with Crippen LogP contribution in [0.5, 0.6) is 0 Å². The minimum Gasteiger partial charge on any atom is -0.481 e. The molecule has 0 saturated carbocycles. The lowest BCUT2D eigenvalue weighted by molar-refractivity contribution is -0.136. The van der Waals surface area contributed by atoms with E-state index in [1.165, 1.54) is 6.20 Å². The lowest BCUT2D eigenvalue weighted by atomic mass is 9.99. The molecular formula is C13H5Cl5FNO2. The Morgan fingerprint density at radius 3 is 2.00 bits per heavy atom. The molecule has 0 amide bonds. The number of hydrogen-bond acceptors (Lipinski definition) is 2. The van der Waals surface area contributed by atoms with Crippen molar-refractivity contribution in [1.82, 2.24) is 4.98 Å². The highest BCUT2D eigenvalue weighted by atomic mass is 35.5. The molecule has 1 N–H and O–H groups in total. The van der Waals surface area contributed by atoms with Gasteiger partial charge in [0, 0.05) is 22.9 Å². The van der Waals surface area contributed by atoms with Gasteiger partial charge in [-0.3, -0.25) is 9.78 Å². The third kappa shape index (κ3) is 3.12. The molecule has 2 aromatic rings. The van der Waals surface area contributed by atoms with Gasteiger partial charge in [-0.1, -0.05) is 58.0 Å². The molecule has 1 heterocycles. The maximum atomic E-state index is 13.9. The monoisotopic (exact) mass is 401 g/mol. The first-order valence-electron chi connectivity index (χ1n) is 5.61. The number of carbonyl (C=O) groups is 1. The molecule has 3 nitrogen and oxygen atoms in total. The van der Waals surface area contributed by atoms with Crippen LogP contribution in [0, 0.1) is 5.82 Å². The Balaban J connectivity index is 2.84. The van der Waals surface area contributed by atoms with E-state index in [0.717, 1.165) is 6.20 Å². The molecule has 0 spiro atoms. The zero-order valence-electron chi connectivity index (χ0n) is 10.4. The van der Waals surface area contributed by atoms with Crippen LogP contribution in [0.15, 0.2) is 12.4 Å². The van der Waals surface area contributed by atoms with Crippen LogP contribution in [0.4, 0.5) is 4.39 Å².